The first kappa shape index (κ1) is 19.3. The Labute approximate surface area is 146 Å². The van der Waals surface area contributed by atoms with Gasteiger partial charge in [-0.3, -0.25) is 9.59 Å². The van der Waals surface area contributed by atoms with Gasteiger partial charge in [0.15, 0.2) is 0 Å². The summed E-state index contributed by atoms with van der Waals surface area (Å²) >= 11 is 0. The molecule has 0 saturated heterocycles. The molecule has 138 valence electrons. The van der Waals surface area contributed by atoms with Crippen LogP contribution in [0.4, 0.5) is 0 Å². The van der Waals surface area contributed by atoms with Crippen LogP contribution in [0.1, 0.15) is 72.6 Å². The Bertz CT molecular complexity index is 435. The molecule has 3 fully saturated rings. The predicted molar refractivity (Wildman–Crippen MR) is 93.3 cm³/mol. The number of carbonyl (C=O) groups excluding carboxylic acids is 2. The summed E-state index contributed by atoms with van der Waals surface area (Å²) in [7, 11) is 0. The maximum absolute atomic E-state index is 12.9. The Morgan fingerprint density at radius 3 is 2.04 bits per heavy atom. The lowest BCUT2D eigenvalue weighted by Crippen LogP contribution is -2.55. The summed E-state index contributed by atoms with van der Waals surface area (Å²) in [5.74, 6) is -0.172. The fourth-order valence-electron chi connectivity index (χ4n) is 5.00. The van der Waals surface area contributed by atoms with E-state index in [1.807, 2.05) is 13.8 Å². The van der Waals surface area contributed by atoms with Crippen molar-refractivity contribution in [3.63, 3.8) is 0 Å². The van der Waals surface area contributed by atoms with E-state index in [1.54, 1.807) is 0 Å². The number of rotatable bonds is 8. The van der Waals surface area contributed by atoms with Crippen LogP contribution >= 0.6 is 0 Å². The molecular formula is C20H34O4. The highest BCUT2D eigenvalue weighted by Gasteiger charge is 2.59. The van der Waals surface area contributed by atoms with E-state index in [0.29, 0.717) is 19.1 Å². The topological polar surface area (TPSA) is 52.6 Å². The van der Waals surface area contributed by atoms with Crippen LogP contribution < -0.4 is 0 Å². The summed E-state index contributed by atoms with van der Waals surface area (Å²) in [6.07, 6.45) is 6.77. The van der Waals surface area contributed by atoms with Gasteiger partial charge in [-0.2, -0.15) is 0 Å². The van der Waals surface area contributed by atoms with Gasteiger partial charge in [0.25, 0.3) is 0 Å². The zero-order valence-corrected chi connectivity index (χ0v) is 15.8. The van der Waals surface area contributed by atoms with Crippen LogP contribution in [-0.2, 0) is 19.1 Å². The van der Waals surface area contributed by atoms with Crippen LogP contribution in [-0.4, -0.2) is 25.2 Å². The van der Waals surface area contributed by atoms with Crippen molar-refractivity contribution < 1.29 is 19.1 Å². The van der Waals surface area contributed by atoms with E-state index in [4.69, 9.17) is 9.47 Å². The number of fused-ring (bicyclic) bond motifs is 3. The fourth-order valence-corrected chi connectivity index (χ4v) is 5.00. The molecule has 24 heavy (non-hydrogen) atoms. The monoisotopic (exact) mass is 338 g/mol. The van der Waals surface area contributed by atoms with Gasteiger partial charge in [0, 0.05) is 0 Å². The summed E-state index contributed by atoms with van der Waals surface area (Å²) in [6, 6.07) is 0. The van der Waals surface area contributed by atoms with E-state index in [2.05, 4.69) is 13.8 Å². The SMILES string of the molecule is CCCOC(=O)C1C2CCC(CC(C)C)(CC2)C1C(=O)OCCC. The normalized spacial score (nSPS) is 32.0. The van der Waals surface area contributed by atoms with Gasteiger partial charge >= 0.3 is 11.9 Å². The summed E-state index contributed by atoms with van der Waals surface area (Å²) in [5, 5.41) is 0. The molecule has 4 heteroatoms. The first-order chi connectivity index (χ1) is 11.4. The van der Waals surface area contributed by atoms with Crippen molar-refractivity contribution in [3.8, 4) is 0 Å². The van der Waals surface area contributed by atoms with Crippen molar-refractivity contribution in [1.82, 2.24) is 0 Å². The van der Waals surface area contributed by atoms with Gasteiger partial charge in [-0.05, 0) is 62.2 Å². The van der Waals surface area contributed by atoms with Crippen LogP contribution in [0.15, 0.2) is 0 Å². The molecule has 0 aromatic carbocycles. The lowest BCUT2D eigenvalue weighted by atomic mass is 9.48. The zero-order valence-electron chi connectivity index (χ0n) is 15.8. The minimum Gasteiger partial charge on any atom is -0.465 e. The van der Waals surface area contributed by atoms with E-state index in [1.165, 1.54) is 0 Å². The van der Waals surface area contributed by atoms with Gasteiger partial charge < -0.3 is 9.47 Å². The molecule has 2 atom stereocenters. The smallest absolute Gasteiger partial charge is 0.310 e. The van der Waals surface area contributed by atoms with E-state index in [-0.39, 0.29) is 35.1 Å². The van der Waals surface area contributed by atoms with Crippen molar-refractivity contribution in [3.05, 3.63) is 0 Å². The maximum Gasteiger partial charge on any atom is 0.310 e. The minimum atomic E-state index is -0.316. The average molecular weight is 338 g/mol. The number of hydrogen-bond acceptors (Lipinski definition) is 4. The molecule has 3 rings (SSSR count). The highest BCUT2D eigenvalue weighted by molar-refractivity contribution is 5.83. The number of ether oxygens (including phenoxy) is 2. The predicted octanol–water partition coefficient (Wildman–Crippen LogP) is 4.36. The zero-order chi connectivity index (χ0) is 17.7. The molecule has 4 nitrogen and oxygen atoms in total. The van der Waals surface area contributed by atoms with Gasteiger partial charge in [-0.25, -0.2) is 0 Å². The Balaban J connectivity index is 2.28. The molecule has 3 saturated carbocycles. The molecule has 3 aliphatic rings. The fraction of sp³-hybridized carbons (Fsp3) is 0.900. The summed E-state index contributed by atoms with van der Waals surface area (Å²) in [5.41, 5.74) is -0.0797. The standard InChI is InChI=1S/C20H34O4/c1-5-11-23-18(21)16-15-7-9-20(10-8-15,13-14(3)4)17(16)19(22)24-12-6-2/h14-17H,5-13H2,1-4H3. The minimum absolute atomic E-state index is 0.0797. The van der Waals surface area contributed by atoms with Gasteiger partial charge in [0.2, 0.25) is 0 Å². The Hall–Kier alpha value is -1.06. The quantitative estimate of drug-likeness (QED) is 0.617. The second-order valence-corrected chi connectivity index (χ2v) is 8.14. The lowest BCUT2D eigenvalue weighted by molar-refractivity contribution is -0.184. The van der Waals surface area contributed by atoms with Crippen LogP contribution in [0.25, 0.3) is 0 Å². The highest BCUT2D eigenvalue weighted by atomic mass is 16.5. The molecule has 0 aromatic rings. The largest absolute Gasteiger partial charge is 0.465 e. The molecule has 2 bridgehead atoms. The lowest BCUT2D eigenvalue weighted by Gasteiger charge is -2.55. The molecule has 0 aromatic heterocycles. The van der Waals surface area contributed by atoms with Crippen molar-refractivity contribution in [1.29, 1.82) is 0 Å². The van der Waals surface area contributed by atoms with E-state index in [9.17, 15) is 9.59 Å². The van der Waals surface area contributed by atoms with Crippen LogP contribution in [0.5, 0.6) is 0 Å². The average Bonchev–Trinajstić information content (AvgIpc) is 2.56. The van der Waals surface area contributed by atoms with Gasteiger partial charge in [-0.15, -0.1) is 0 Å². The Morgan fingerprint density at radius 1 is 1.00 bits per heavy atom. The molecule has 0 N–H and O–H groups in total. The van der Waals surface area contributed by atoms with E-state index < -0.39 is 0 Å². The molecule has 0 aliphatic heterocycles. The first-order valence-corrected chi connectivity index (χ1v) is 9.78. The molecule has 0 amide bonds. The van der Waals surface area contributed by atoms with Crippen LogP contribution in [0, 0.1) is 29.1 Å². The summed E-state index contributed by atoms with van der Waals surface area (Å²) in [4.78, 5) is 25.6. The number of hydrogen-bond donors (Lipinski definition) is 0. The van der Waals surface area contributed by atoms with Crippen molar-refractivity contribution in [2.75, 3.05) is 13.2 Å². The van der Waals surface area contributed by atoms with Crippen molar-refractivity contribution in [2.45, 2.75) is 72.6 Å². The third-order valence-corrected chi connectivity index (χ3v) is 5.79. The Morgan fingerprint density at radius 2 is 1.54 bits per heavy atom. The number of esters is 2. The second kappa shape index (κ2) is 8.35. The molecule has 2 unspecified atom stereocenters. The molecule has 0 spiro atoms. The molecular weight excluding hydrogens is 304 g/mol. The highest BCUT2D eigenvalue weighted by Crippen LogP contribution is 2.60. The maximum atomic E-state index is 12.9. The Kier molecular flexibility index (Phi) is 6.70. The van der Waals surface area contributed by atoms with Crippen molar-refractivity contribution in [2.24, 2.45) is 29.1 Å². The van der Waals surface area contributed by atoms with Crippen molar-refractivity contribution >= 4 is 11.9 Å². The molecule has 0 heterocycles. The van der Waals surface area contributed by atoms with Gasteiger partial charge in [0.05, 0.1) is 25.0 Å². The van der Waals surface area contributed by atoms with Gasteiger partial charge in [-0.1, -0.05) is 27.7 Å². The van der Waals surface area contributed by atoms with E-state index >= 15 is 0 Å². The van der Waals surface area contributed by atoms with E-state index in [0.717, 1.165) is 44.9 Å². The molecule has 0 radical (unpaired) electrons. The van der Waals surface area contributed by atoms with Gasteiger partial charge in [0.1, 0.15) is 0 Å². The van der Waals surface area contributed by atoms with Crippen LogP contribution in [0.3, 0.4) is 0 Å². The van der Waals surface area contributed by atoms with Crippen LogP contribution in [0.2, 0.25) is 0 Å². The second-order valence-electron chi connectivity index (χ2n) is 8.14. The number of carbonyl (C=O) groups is 2. The summed E-state index contributed by atoms with van der Waals surface area (Å²) < 4.78 is 11.0. The third-order valence-electron chi connectivity index (χ3n) is 5.79. The summed E-state index contributed by atoms with van der Waals surface area (Å²) in [6.45, 7) is 9.28. The molecule has 3 aliphatic carbocycles. The third kappa shape index (κ3) is 3.94. The first-order valence-electron chi connectivity index (χ1n) is 9.78.